The molecule has 0 unspecified atom stereocenters. The van der Waals surface area contributed by atoms with Crippen LogP contribution in [0.4, 0.5) is 5.82 Å². The van der Waals surface area contributed by atoms with Crippen LogP contribution in [-0.4, -0.2) is 40.5 Å². The minimum Gasteiger partial charge on any atom is -0.356 e. The van der Waals surface area contributed by atoms with Crippen molar-refractivity contribution in [3.63, 3.8) is 0 Å². The number of benzene rings is 1. The highest BCUT2D eigenvalue weighted by molar-refractivity contribution is 5.98. The SMILES string of the molecule is O=C(NCCc1nc2ccccc2[nH]1)c1cccnc1N1CCCC1. The fraction of sp³-hybridized carbons (Fsp3) is 0.316. The van der Waals surface area contributed by atoms with Crippen LogP contribution in [0.2, 0.25) is 0 Å². The number of aromatic nitrogens is 3. The van der Waals surface area contributed by atoms with Crippen LogP contribution in [0.3, 0.4) is 0 Å². The lowest BCUT2D eigenvalue weighted by Crippen LogP contribution is -2.29. The molecule has 0 bridgehead atoms. The number of hydrogen-bond acceptors (Lipinski definition) is 4. The standard InChI is InChI=1S/C19H21N5O/c25-19(14-6-5-10-20-18(14)24-12-3-4-13-24)21-11-9-17-22-15-7-1-2-8-16(15)23-17/h1-2,5-8,10H,3-4,9,11-13H2,(H,21,25)(H,22,23). The summed E-state index contributed by atoms with van der Waals surface area (Å²) in [6, 6.07) is 11.6. The van der Waals surface area contributed by atoms with Crippen molar-refractivity contribution in [3.8, 4) is 0 Å². The van der Waals surface area contributed by atoms with Gasteiger partial charge in [0.05, 0.1) is 16.6 Å². The third kappa shape index (κ3) is 3.33. The molecule has 3 heterocycles. The first-order chi connectivity index (χ1) is 12.3. The maximum atomic E-state index is 12.6. The van der Waals surface area contributed by atoms with Crippen LogP contribution in [-0.2, 0) is 6.42 Å². The normalized spacial score (nSPS) is 14.2. The first-order valence-electron chi connectivity index (χ1n) is 8.73. The lowest BCUT2D eigenvalue weighted by molar-refractivity contribution is 0.0954. The molecule has 4 rings (SSSR count). The number of amides is 1. The summed E-state index contributed by atoms with van der Waals surface area (Å²) in [6.07, 6.45) is 4.73. The first kappa shape index (κ1) is 15.6. The fourth-order valence-corrected chi connectivity index (χ4v) is 3.27. The van der Waals surface area contributed by atoms with Crippen LogP contribution < -0.4 is 10.2 Å². The van der Waals surface area contributed by atoms with Crippen molar-refractivity contribution < 1.29 is 4.79 Å². The van der Waals surface area contributed by atoms with E-state index in [9.17, 15) is 4.79 Å². The average Bonchev–Trinajstić information content (AvgIpc) is 3.31. The quantitative estimate of drug-likeness (QED) is 0.751. The summed E-state index contributed by atoms with van der Waals surface area (Å²) in [4.78, 5) is 27.0. The van der Waals surface area contributed by atoms with Crippen molar-refractivity contribution in [3.05, 3.63) is 54.0 Å². The Morgan fingerprint density at radius 2 is 2.00 bits per heavy atom. The number of imidazole rings is 1. The lowest BCUT2D eigenvalue weighted by atomic mass is 10.2. The van der Waals surface area contributed by atoms with E-state index in [-0.39, 0.29) is 5.91 Å². The Bertz CT molecular complexity index is 849. The van der Waals surface area contributed by atoms with Crippen LogP contribution in [0.15, 0.2) is 42.6 Å². The number of hydrogen-bond donors (Lipinski definition) is 2. The van der Waals surface area contributed by atoms with Crippen LogP contribution in [0.1, 0.15) is 29.0 Å². The summed E-state index contributed by atoms with van der Waals surface area (Å²) in [5.74, 6) is 1.60. The van der Waals surface area contributed by atoms with E-state index < -0.39 is 0 Å². The van der Waals surface area contributed by atoms with E-state index in [1.807, 2.05) is 36.4 Å². The second-order valence-electron chi connectivity index (χ2n) is 6.28. The number of fused-ring (bicyclic) bond motifs is 1. The van der Waals surface area contributed by atoms with Gasteiger partial charge in [0, 0.05) is 32.3 Å². The molecular formula is C19H21N5O. The molecule has 128 valence electrons. The molecule has 6 nitrogen and oxygen atoms in total. The van der Waals surface area contributed by atoms with Gasteiger partial charge in [-0.2, -0.15) is 0 Å². The number of H-pyrrole nitrogens is 1. The van der Waals surface area contributed by atoms with E-state index in [1.165, 1.54) is 0 Å². The fourth-order valence-electron chi connectivity index (χ4n) is 3.27. The summed E-state index contributed by atoms with van der Waals surface area (Å²) in [7, 11) is 0. The van der Waals surface area contributed by atoms with Gasteiger partial charge < -0.3 is 15.2 Å². The minimum atomic E-state index is -0.0777. The Hall–Kier alpha value is -2.89. The van der Waals surface area contributed by atoms with Gasteiger partial charge in [0.1, 0.15) is 11.6 Å². The molecule has 1 fully saturated rings. The van der Waals surface area contributed by atoms with Gasteiger partial charge in [0.15, 0.2) is 0 Å². The molecule has 1 aliphatic heterocycles. The first-order valence-corrected chi connectivity index (χ1v) is 8.73. The van der Waals surface area contributed by atoms with E-state index in [0.29, 0.717) is 18.5 Å². The third-order valence-electron chi connectivity index (χ3n) is 4.52. The molecule has 0 atom stereocenters. The molecule has 0 radical (unpaired) electrons. The Kier molecular flexibility index (Phi) is 4.33. The van der Waals surface area contributed by atoms with Crippen LogP contribution in [0.5, 0.6) is 0 Å². The maximum Gasteiger partial charge on any atom is 0.255 e. The minimum absolute atomic E-state index is 0.0777. The number of anilines is 1. The molecule has 2 N–H and O–H groups in total. The number of nitrogens with one attached hydrogen (secondary N) is 2. The Labute approximate surface area is 146 Å². The van der Waals surface area contributed by atoms with Gasteiger partial charge in [-0.25, -0.2) is 9.97 Å². The van der Waals surface area contributed by atoms with Crippen molar-refractivity contribution >= 4 is 22.8 Å². The highest BCUT2D eigenvalue weighted by Crippen LogP contribution is 2.21. The zero-order valence-electron chi connectivity index (χ0n) is 14.0. The molecule has 0 spiro atoms. The largest absolute Gasteiger partial charge is 0.356 e. The van der Waals surface area contributed by atoms with Crippen LogP contribution in [0.25, 0.3) is 11.0 Å². The second kappa shape index (κ2) is 6.93. The summed E-state index contributed by atoms with van der Waals surface area (Å²) >= 11 is 0. The summed E-state index contributed by atoms with van der Waals surface area (Å²) in [5.41, 5.74) is 2.62. The summed E-state index contributed by atoms with van der Waals surface area (Å²) < 4.78 is 0. The molecule has 1 aliphatic rings. The van der Waals surface area contributed by atoms with Gasteiger partial charge in [0.2, 0.25) is 0 Å². The Morgan fingerprint density at radius 3 is 2.84 bits per heavy atom. The Balaban J connectivity index is 1.40. The van der Waals surface area contributed by atoms with Crippen LogP contribution >= 0.6 is 0 Å². The average molecular weight is 335 g/mol. The number of para-hydroxylation sites is 2. The van der Waals surface area contributed by atoms with E-state index in [2.05, 4.69) is 25.2 Å². The smallest absolute Gasteiger partial charge is 0.255 e. The summed E-state index contributed by atoms with van der Waals surface area (Å²) in [6.45, 7) is 2.47. The van der Waals surface area contributed by atoms with E-state index in [0.717, 1.165) is 48.6 Å². The molecule has 2 aromatic heterocycles. The van der Waals surface area contributed by atoms with Gasteiger partial charge >= 0.3 is 0 Å². The van der Waals surface area contributed by atoms with Crippen LogP contribution in [0, 0.1) is 0 Å². The zero-order valence-corrected chi connectivity index (χ0v) is 14.0. The highest BCUT2D eigenvalue weighted by atomic mass is 16.1. The molecule has 1 saturated heterocycles. The monoisotopic (exact) mass is 335 g/mol. The van der Waals surface area contributed by atoms with Crippen molar-refractivity contribution in [1.29, 1.82) is 0 Å². The lowest BCUT2D eigenvalue weighted by Gasteiger charge is -2.19. The van der Waals surface area contributed by atoms with E-state index in [4.69, 9.17) is 0 Å². The topological polar surface area (TPSA) is 73.9 Å². The van der Waals surface area contributed by atoms with Crippen molar-refractivity contribution in [2.45, 2.75) is 19.3 Å². The van der Waals surface area contributed by atoms with E-state index in [1.54, 1.807) is 6.20 Å². The Morgan fingerprint density at radius 1 is 1.16 bits per heavy atom. The van der Waals surface area contributed by atoms with Crippen molar-refractivity contribution in [1.82, 2.24) is 20.3 Å². The second-order valence-corrected chi connectivity index (χ2v) is 6.28. The number of rotatable bonds is 5. The number of carbonyl (C=O) groups excluding carboxylic acids is 1. The molecule has 0 aliphatic carbocycles. The van der Waals surface area contributed by atoms with Gasteiger partial charge in [-0.3, -0.25) is 4.79 Å². The number of nitrogens with zero attached hydrogens (tertiary/aromatic N) is 3. The molecule has 3 aromatic rings. The van der Waals surface area contributed by atoms with Gasteiger partial charge in [-0.05, 0) is 37.1 Å². The third-order valence-corrected chi connectivity index (χ3v) is 4.52. The number of pyridine rings is 1. The molecule has 0 saturated carbocycles. The van der Waals surface area contributed by atoms with Gasteiger partial charge in [0.25, 0.3) is 5.91 Å². The molecular weight excluding hydrogens is 314 g/mol. The van der Waals surface area contributed by atoms with E-state index >= 15 is 0 Å². The molecule has 1 amide bonds. The van der Waals surface area contributed by atoms with Gasteiger partial charge in [-0.1, -0.05) is 12.1 Å². The highest BCUT2D eigenvalue weighted by Gasteiger charge is 2.20. The van der Waals surface area contributed by atoms with Gasteiger partial charge in [-0.15, -0.1) is 0 Å². The maximum absolute atomic E-state index is 12.6. The number of aromatic amines is 1. The predicted octanol–water partition coefficient (Wildman–Crippen LogP) is 2.53. The zero-order chi connectivity index (χ0) is 17.1. The molecule has 6 heteroatoms. The molecule has 25 heavy (non-hydrogen) atoms. The van der Waals surface area contributed by atoms with Crippen molar-refractivity contribution in [2.24, 2.45) is 0 Å². The van der Waals surface area contributed by atoms with Crippen molar-refractivity contribution in [2.75, 3.05) is 24.5 Å². The molecule has 1 aromatic carbocycles. The number of carbonyl (C=O) groups is 1. The predicted molar refractivity (Wildman–Crippen MR) is 97.8 cm³/mol. The summed E-state index contributed by atoms with van der Waals surface area (Å²) in [5, 5.41) is 2.99.